The molecule has 0 spiro atoms. The summed E-state index contributed by atoms with van der Waals surface area (Å²) >= 11 is 0. The van der Waals surface area contributed by atoms with Crippen molar-refractivity contribution < 1.29 is 18.7 Å². The SMILES string of the molecule is CCCCCCCCCC(=O)N1CCN(C(=O)c2cc(-c3ccc(OC)cc3)n(-c3ccccc3F)c2C)CC1. The Hall–Kier alpha value is -3.61. The molecule has 7 heteroatoms. The maximum absolute atomic E-state index is 15.0. The number of piperazine rings is 1. The second-order valence-corrected chi connectivity index (χ2v) is 10.6. The molecule has 1 saturated heterocycles. The lowest BCUT2D eigenvalue weighted by molar-refractivity contribution is -0.132. The van der Waals surface area contributed by atoms with E-state index in [2.05, 4.69) is 6.92 Å². The molecule has 0 bridgehead atoms. The van der Waals surface area contributed by atoms with E-state index in [-0.39, 0.29) is 17.6 Å². The van der Waals surface area contributed by atoms with Crippen LogP contribution in [0.3, 0.4) is 0 Å². The lowest BCUT2D eigenvalue weighted by Crippen LogP contribution is -2.50. The first-order valence-electron chi connectivity index (χ1n) is 14.6. The molecule has 0 unspecified atom stereocenters. The number of para-hydroxylation sites is 1. The predicted octanol–water partition coefficient (Wildman–Crippen LogP) is 7.03. The number of methoxy groups -OCH3 is 1. The average Bonchev–Trinajstić information content (AvgIpc) is 3.33. The van der Waals surface area contributed by atoms with Crippen LogP contribution in [0.1, 0.15) is 74.3 Å². The number of hydrogen-bond acceptors (Lipinski definition) is 3. The normalized spacial score (nSPS) is 13.5. The molecule has 2 amide bonds. The van der Waals surface area contributed by atoms with E-state index >= 15 is 0 Å². The van der Waals surface area contributed by atoms with E-state index in [1.807, 2.05) is 51.6 Å². The van der Waals surface area contributed by atoms with Crippen molar-refractivity contribution in [3.8, 4) is 22.7 Å². The van der Waals surface area contributed by atoms with Gasteiger partial charge in [0.2, 0.25) is 5.91 Å². The molecule has 1 aliphatic rings. The minimum Gasteiger partial charge on any atom is -0.497 e. The van der Waals surface area contributed by atoms with Gasteiger partial charge in [0.1, 0.15) is 11.6 Å². The summed E-state index contributed by atoms with van der Waals surface area (Å²) in [6.45, 7) is 6.14. The Morgan fingerprint density at radius 2 is 1.48 bits per heavy atom. The summed E-state index contributed by atoms with van der Waals surface area (Å²) in [7, 11) is 1.61. The monoisotopic (exact) mass is 547 g/mol. The number of benzene rings is 2. The first-order chi connectivity index (χ1) is 19.4. The van der Waals surface area contributed by atoms with E-state index in [1.54, 1.807) is 25.3 Å². The number of amides is 2. The van der Waals surface area contributed by atoms with Crippen LogP contribution in [-0.4, -0.2) is 59.5 Å². The summed E-state index contributed by atoms with van der Waals surface area (Å²) < 4.78 is 22.1. The molecule has 3 aromatic rings. The van der Waals surface area contributed by atoms with Crippen molar-refractivity contribution in [2.75, 3.05) is 33.3 Å². The maximum atomic E-state index is 15.0. The maximum Gasteiger partial charge on any atom is 0.255 e. The minimum atomic E-state index is -0.358. The molecule has 2 aromatic carbocycles. The zero-order chi connectivity index (χ0) is 28.5. The van der Waals surface area contributed by atoms with Crippen LogP contribution in [0, 0.1) is 12.7 Å². The summed E-state index contributed by atoms with van der Waals surface area (Å²) in [5.41, 5.74) is 3.20. The van der Waals surface area contributed by atoms with Gasteiger partial charge in [-0.05, 0) is 61.4 Å². The highest BCUT2D eigenvalue weighted by Crippen LogP contribution is 2.32. The quantitative estimate of drug-likeness (QED) is 0.229. The molecular weight excluding hydrogens is 505 g/mol. The second-order valence-electron chi connectivity index (χ2n) is 10.6. The van der Waals surface area contributed by atoms with E-state index in [4.69, 9.17) is 4.74 Å². The number of ether oxygens (including phenoxy) is 1. The fourth-order valence-corrected chi connectivity index (χ4v) is 5.46. The summed E-state index contributed by atoms with van der Waals surface area (Å²) in [6.07, 6.45) is 8.87. The van der Waals surface area contributed by atoms with Gasteiger partial charge in [-0.3, -0.25) is 9.59 Å². The van der Waals surface area contributed by atoms with Crippen LogP contribution in [0.2, 0.25) is 0 Å². The number of hydrogen-bond donors (Lipinski definition) is 0. The molecule has 0 aliphatic carbocycles. The molecular formula is C33H42FN3O3. The molecule has 40 heavy (non-hydrogen) atoms. The van der Waals surface area contributed by atoms with Gasteiger partial charge in [-0.2, -0.15) is 0 Å². The van der Waals surface area contributed by atoms with E-state index in [0.717, 1.165) is 29.8 Å². The zero-order valence-electron chi connectivity index (χ0n) is 24.1. The Balaban J connectivity index is 1.45. The molecule has 1 fully saturated rings. The Labute approximate surface area is 237 Å². The van der Waals surface area contributed by atoms with Gasteiger partial charge >= 0.3 is 0 Å². The minimum absolute atomic E-state index is 0.0958. The summed E-state index contributed by atoms with van der Waals surface area (Å²) in [5, 5.41) is 0. The molecule has 214 valence electrons. The number of nitrogens with zero attached hydrogens (tertiary/aromatic N) is 3. The van der Waals surface area contributed by atoms with Crippen LogP contribution in [0.15, 0.2) is 54.6 Å². The average molecular weight is 548 g/mol. The third-order valence-electron chi connectivity index (χ3n) is 7.87. The van der Waals surface area contributed by atoms with Crippen LogP contribution in [-0.2, 0) is 4.79 Å². The van der Waals surface area contributed by atoms with Gasteiger partial charge in [0.15, 0.2) is 0 Å². The van der Waals surface area contributed by atoms with Gasteiger partial charge in [0, 0.05) is 38.3 Å². The van der Waals surface area contributed by atoms with Gasteiger partial charge in [0.05, 0.1) is 24.1 Å². The van der Waals surface area contributed by atoms with E-state index in [1.165, 1.54) is 38.2 Å². The number of halogens is 1. The van der Waals surface area contributed by atoms with Crippen LogP contribution < -0.4 is 4.74 Å². The first kappa shape index (κ1) is 29.4. The third kappa shape index (κ3) is 6.93. The van der Waals surface area contributed by atoms with Gasteiger partial charge in [-0.1, -0.05) is 57.6 Å². The van der Waals surface area contributed by atoms with E-state index < -0.39 is 0 Å². The lowest BCUT2D eigenvalue weighted by Gasteiger charge is -2.35. The van der Waals surface area contributed by atoms with Crippen LogP contribution >= 0.6 is 0 Å². The van der Waals surface area contributed by atoms with Crippen LogP contribution in [0.4, 0.5) is 4.39 Å². The fourth-order valence-electron chi connectivity index (χ4n) is 5.46. The molecule has 4 rings (SSSR count). The molecule has 0 atom stereocenters. The molecule has 1 aliphatic heterocycles. The molecule has 0 N–H and O–H groups in total. The van der Waals surface area contributed by atoms with E-state index in [0.29, 0.717) is 49.5 Å². The highest BCUT2D eigenvalue weighted by atomic mass is 19.1. The highest BCUT2D eigenvalue weighted by molar-refractivity contribution is 5.97. The van der Waals surface area contributed by atoms with Gasteiger partial charge in [-0.25, -0.2) is 4.39 Å². The van der Waals surface area contributed by atoms with E-state index in [9.17, 15) is 14.0 Å². The molecule has 2 heterocycles. The second kappa shape index (κ2) is 14.1. The summed E-state index contributed by atoms with van der Waals surface area (Å²) in [4.78, 5) is 30.2. The standard InChI is InChI=1S/C33H42FN3O3/c1-4-5-6-7-8-9-10-15-32(38)35-20-22-36(23-21-35)33(39)28-24-31(26-16-18-27(40-3)19-17-26)37(25(28)2)30-14-12-11-13-29(30)34/h11-14,16-19,24H,4-10,15,20-23H2,1-3H3. The van der Waals surface area contributed by atoms with Gasteiger partial charge < -0.3 is 19.1 Å². The number of aromatic nitrogens is 1. The Bertz CT molecular complexity index is 1280. The van der Waals surface area contributed by atoms with Crippen molar-refractivity contribution >= 4 is 11.8 Å². The Kier molecular flexibility index (Phi) is 10.4. The highest BCUT2D eigenvalue weighted by Gasteiger charge is 2.28. The Morgan fingerprint density at radius 3 is 2.12 bits per heavy atom. The molecule has 0 saturated carbocycles. The number of rotatable bonds is 12. The van der Waals surface area contributed by atoms with Crippen LogP contribution in [0.25, 0.3) is 16.9 Å². The zero-order valence-corrected chi connectivity index (χ0v) is 24.1. The lowest BCUT2D eigenvalue weighted by atomic mass is 10.1. The van der Waals surface area contributed by atoms with Crippen molar-refractivity contribution in [1.82, 2.24) is 14.4 Å². The van der Waals surface area contributed by atoms with Crippen molar-refractivity contribution in [2.45, 2.75) is 65.2 Å². The third-order valence-corrected chi connectivity index (χ3v) is 7.87. The van der Waals surface area contributed by atoms with Crippen molar-refractivity contribution in [1.29, 1.82) is 0 Å². The fraction of sp³-hybridized carbons (Fsp3) is 0.455. The topological polar surface area (TPSA) is 54.8 Å². The summed E-state index contributed by atoms with van der Waals surface area (Å²) in [5.74, 6) is 0.453. The van der Waals surface area contributed by atoms with Crippen molar-refractivity contribution in [3.63, 3.8) is 0 Å². The first-order valence-corrected chi connectivity index (χ1v) is 14.6. The molecule has 6 nitrogen and oxygen atoms in total. The smallest absolute Gasteiger partial charge is 0.255 e. The number of carbonyl (C=O) groups excluding carboxylic acids is 2. The molecule has 0 radical (unpaired) electrons. The van der Waals surface area contributed by atoms with Crippen molar-refractivity contribution in [3.05, 3.63) is 71.7 Å². The molecule has 1 aromatic heterocycles. The Morgan fingerprint density at radius 1 is 0.850 bits per heavy atom. The van der Waals surface area contributed by atoms with Crippen LogP contribution in [0.5, 0.6) is 5.75 Å². The van der Waals surface area contributed by atoms with Gasteiger partial charge in [0.25, 0.3) is 5.91 Å². The predicted molar refractivity (Wildman–Crippen MR) is 158 cm³/mol. The van der Waals surface area contributed by atoms with Gasteiger partial charge in [-0.15, -0.1) is 0 Å². The number of carbonyl (C=O) groups is 2. The summed E-state index contributed by atoms with van der Waals surface area (Å²) in [6, 6.07) is 16.0. The van der Waals surface area contributed by atoms with Crippen molar-refractivity contribution in [2.24, 2.45) is 0 Å². The largest absolute Gasteiger partial charge is 0.497 e. The number of unbranched alkanes of at least 4 members (excludes halogenated alkanes) is 6.